The molecule has 0 bridgehead atoms. The Morgan fingerprint density at radius 3 is 2.93 bits per heavy atom. The van der Waals surface area contributed by atoms with Gasteiger partial charge in [0.1, 0.15) is 11.6 Å². The number of imidazole rings is 2. The number of hydrogen-bond donors (Lipinski definition) is 2. The molecule has 4 aromatic rings. The predicted molar refractivity (Wildman–Crippen MR) is 110 cm³/mol. The van der Waals surface area contributed by atoms with E-state index in [4.69, 9.17) is 9.97 Å². The normalized spacial score (nSPS) is 13.6. The minimum Gasteiger partial charge on any atom is -0.357 e. The Balaban J connectivity index is 1.71. The Morgan fingerprint density at radius 2 is 2.07 bits per heavy atom. The van der Waals surface area contributed by atoms with Crippen molar-refractivity contribution in [1.29, 1.82) is 0 Å². The maximum Gasteiger partial charge on any atom is 0.222 e. The van der Waals surface area contributed by atoms with E-state index in [2.05, 4.69) is 50.0 Å². The number of anilines is 1. The fraction of sp³-hybridized carbons (Fsp3) is 0.333. The molecule has 7 nitrogen and oxygen atoms in total. The molecule has 0 saturated heterocycles. The van der Waals surface area contributed by atoms with Crippen molar-refractivity contribution < 1.29 is 0 Å². The minimum absolute atomic E-state index is 0.617. The van der Waals surface area contributed by atoms with Crippen molar-refractivity contribution in [2.45, 2.75) is 39.2 Å². The van der Waals surface area contributed by atoms with Gasteiger partial charge in [-0.25, -0.2) is 19.9 Å². The standard InChI is InChI=1S/C21H23N7/c1-3-17-24-14-8-7-13(12-16(14)25-17)19-20(15-9-10-23-21(22-2)26-15)28-11-5-4-6-18(28)27-19/h7-10,12H,3-6,11H2,1-2H3,(H,24,25)(H,22,23,26). The van der Waals surface area contributed by atoms with Gasteiger partial charge in [0, 0.05) is 38.2 Å². The number of fused-ring (bicyclic) bond motifs is 2. The summed E-state index contributed by atoms with van der Waals surface area (Å²) in [6, 6.07) is 8.30. The van der Waals surface area contributed by atoms with E-state index in [9.17, 15) is 0 Å². The lowest BCUT2D eigenvalue weighted by Gasteiger charge is -2.16. The highest BCUT2D eigenvalue weighted by Crippen LogP contribution is 2.35. The molecule has 4 heterocycles. The summed E-state index contributed by atoms with van der Waals surface area (Å²) in [4.78, 5) is 22.0. The van der Waals surface area contributed by atoms with E-state index in [0.717, 1.165) is 64.7 Å². The van der Waals surface area contributed by atoms with Crippen LogP contribution in [0.4, 0.5) is 5.95 Å². The molecule has 0 saturated carbocycles. The van der Waals surface area contributed by atoms with E-state index >= 15 is 0 Å². The van der Waals surface area contributed by atoms with Crippen LogP contribution in [0.1, 0.15) is 31.4 Å². The summed E-state index contributed by atoms with van der Waals surface area (Å²) in [7, 11) is 1.84. The van der Waals surface area contributed by atoms with Crippen molar-refractivity contribution in [2.75, 3.05) is 12.4 Å². The zero-order valence-electron chi connectivity index (χ0n) is 16.2. The van der Waals surface area contributed by atoms with E-state index in [1.807, 2.05) is 13.1 Å². The molecule has 1 aliphatic heterocycles. The van der Waals surface area contributed by atoms with Gasteiger partial charge in [0.2, 0.25) is 5.95 Å². The highest BCUT2D eigenvalue weighted by atomic mass is 15.1. The molecule has 0 spiro atoms. The number of nitrogens with zero attached hydrogens (tertiary/aromatic N) is 5. The van der Waals surface area contributed by atoms with Crippen molar-refractivity contribution in [3.05, 3.63) is 42.1 Å². The molecule has 142 valence electrons. The van der Waals surface area contributed by atoms with Crippen LogP contribution in [0.25, 0.3) is 33.7 Å². The minimum atomic E-state index is 0.617. The van der Waals surface area contributed by atoms with Crippen molar-refractivity contribution >= 4 is 17.0 Å². The number of H-pyrrole nitrogens is 1. The summed E-state index contributed by atoms with van der Waals surface area (Å²) >= 11 is 0. The summed E-state index contributed by atoms with van der Waals surface area (Å²) in [5, 5.41) is 3.04. The van der Waals surface area contributed by atoms with Crippen molar-refractivity contribution in [1.82, 2.24) is 29.5 Å². The van der Waals surface area contributed by atoms with Crippen LogP contribution < -0.4 is 5.32 Å². The Bertz CT molecular complexity index is 1150. The number of nitrogens with one attached hydrogen (secondary N) is 2. The molecule has 0 atom stereocenters. The van der Waals surface area contributed by atoms with Crippen LogP contribution in [0, 0.1) is 0 Å². The molecule has 2 N–H and O–H groups in total. The van der Waals surface area contributed by atoms with Crippen LogP contribution in [0.5, 0.6) is 0 Å². The van der Waals surface area contributed by atoms with E-state index in [1.54, 1.807) is 6.20 Å². The molecule has 5 rings (SSSR count). The van der Waals surface area contributed by atoms with Crippen molar-refractivity contribution in [3.63, 3.8) is 0 Å². The van der Waals surface area contributed by atoms with Gasteiger partial charge in [0.25, 0.3) is 0 Å². The summed E-state index contributed by atoms with van der Waals surface area (Å²) in [6.45, 7) is 3.08. The zero-order valence-corrected chi connectivity index (χ0v) is 16.2. The average molecular weight is 373 g/mol. The zero-order chi connectivity index (χ0) is 19.1. The van der Waals surface area contributed by atoms with E-state index in [-0.39, 0.29) is 0 Å². The second-order valence-corrected chi connectivity index (χ2v) is 7.12. The molecular weight excluding hydrogens is 350 g/mol. The van der Waals surface area contributed by atoms with Crippen LogP contribution in [-0.2, 0) is 19.4 Å². The van der Waals surface area contributed by atoms with Gasteiger partial charge in [-0.2, -0.15) is 0 Å². The van der Waals surface area contributed by atoms with Gasteiger partial charge >= 0.3 is 0 Å². The van der Waals surface area contributed by atoms with Crippen LogP contribution in [0.15, 0.2) is 30.5 Å². The number of hydrogen-bond acceptors (Lipinski definition) is 5. The average Bonchev–Trinajstić information content (AvgIpc) is 3.34. The maximum atomic E-state index is 5.03. The fourth-order valence-corrected chi connectivity index (χ4v) is 3.93. The third-order valence-corrected chi connectivity index (χ3v) is 5.34. The molecule has 0 unspecified atom stereocenters. The molecule has 1 aromatic carbocycles. The van der Waals surface area contributed by atoms with Gasteiger partial charge in [-0.3, -0.25) is 0 Å². The highest BCUT2D eigenvalue weighted by molar-refractivity contribution is 5.85. The van der Waals surface area contributed by atoms with E-state index in [0.29, 0.717) is 5.95 Å². The summed E-state index contributed by atoms with van der Waals surface area (Å²) in [5.74, 6) is 2.76. The Hall–Kier alpha value is -3.22. The first-order valence-electron chi connectivity index (χ1n) is 9.86. The Kier molecular flexibility index (Phi) is 4.07. The Morgan fingerprint density at radius 1 is 1.14 bits per heavy atom. The second-order valence-electron chi connectivity index (χ2n) is 7.12. The van der Waals surface area contributed by atoms with Crippen molar-refractivity contribution in [2.24, 2.45) is 0 Å². The lowest BCUT2D eigenvalue weighted by Crippen LogP contribution is -2.12. The molecule has 0 amide bonds. The monoisotopic (exact) mass is 373 g/mol. The van der Waals surface area contributed by atoms with Gasteiger partial charge in [-0.05, 0) is 31.0 Å². The molecule has 3 aromatic heterocycles. The predicted octanol–water partition coefficient (Wildman–Crippen LogP) is 3.82. The van der Waals surface area contributed by atoms with Gasteiger partial charge in [-0.1, -0.05) is 13.0 Å². The van der Waals surface area contributed by atoms with Gasteiger partial charge in [0.05, 0.1) is 28.1 Å². The number of rotatable bonds is 4. The Labute approximate surface area is 163 Å². The van der Waals surface area contributed by atoms with Crippen LogP contribution >= 0.6 is 0 Å². The molecule has 7 heteroatoms. The van der Waals surface area contributed by atoms with Gasteiger partial charge < -0.3 is 14.9 Å². The first-order chi connectivity index (χ1) is 13.8. The molecule has 28 heavy (non-hydrogen) atoms. The SMILES string of the molecule is CCc1nc2ccc(-c3nc4n(c3-c3ccnc(NC)n3)CCCC4)cc2[nH]1. The number of aromatic amines is 1. The van der Waals surface area contributed by atoms with E-state index in [1.165, 1.54) is 12.8 Å². The molecular formula is C21H23N7. The maximum absolute atomic E-state index is 5.03. The largest absolute Gasteiger partial charge is 0.357 e. The smallest absolute Gasteiger partial charge is 0.222 e. The first kappa shape index (κ1) is 16.9. The lowest BCUT2D eigenvalue weighted by atomic mass is 10.1. The van der Waals surface area contributed by atoms with Crippen LogP contribution in [0.3, 0.4) is 0 Å². The van der Waals surface area contributed by atoms with E-state index < -0.39 is 0 Å². The topological polar surface area (TPSA) is 84.3 Å². The highest BCUT2D eigenvalue weighted by Gasteiger charge is 2.23. The summed E-state index contributed by atoms with van der Waals surface area (Å²) in [5.41, 5.74) is 6.07. The summed E-state index contributed by atoms with van der Waals surface area (Å²) in [6.07, 6.45) is 6.04. The molecule has 0 aliphatic carbocycles. The number of benzene rings is 1. The molecule has 0 fully saturated rings. The third-order valence-electron chi connectivity index (χ3n) is 5.34. The molecule has 0 radical (unpaired) electrons. The second kappa shape index (κ2) is 6.74. The van der Waals surface area contributed by atoms with Gasteiger partial charge in [-0.15, -0.1) is 0 Å². The summed E-state index contributed by atoms with van der Waals surface area (Å²) < 4.78 is 2.33. The fourth-order valence-electron chi connectivity index (χ4n) is 3.93. The molecule has 1 aliphatic rings. The van der Waals surface area contributed by atoms with Crippen LogP contribution in [-0.4, -0.2) is 36.5 Å². The van der Waals surface area contributed by atoms with Crippen LogP contribution in [0.2, 0.25) is 0 Å². The van der Waals surface area contributed by atoms with Crippen molar-refractivity contribution in [3.8, 4) is 22.6 Å². The van der Waals surface area contributed by atoms with Gasteiger partial charge in [0.15, 0.2) is 0 Å². The lowest BCUT2D eigenvalue weighted by molar-refractivity contribution is 0.525. The quantitative estimate of drug-likeness (QED) is 0.568. The first-order valence-corrected chi connectivity index (χ1v) is 9.86. The number of aromatic nitrogens is 6. The number of aryl methyl sites for hydroxylation is 2. The third kappa shape index (κ3) is 2.74.